The Hall–Kier alpha value is 0.287. The molecule has 0 unspecified atom stereocenters. The smallest absolute Gasteiger partial charge is 0.428 e. The van der Waals surface area contributed by atoms with E-state index < -0.39 is 7.82 Å². The molecule has 0 saturated heterocycles. The van der Waals surface area contributed by atoms with Gasteiger partial charge in [-0.1, -0.05) is 0 Å². The Morgan fingerprint density at radius 3 is 1.67 bits per heavy atom. The predicted octanol–water partition coefficient (Wildman–Crippen LogP) is -1.63. The molecule has 0 saturated carbocycles. The maximum Gasteiger partial charge on any atom is 0.466 e. The first-order chi connectivity index (χ1) is 3.91. The molecule has 0 rings (SSSR count). The Balaban J connectivity index is 0. The molecule has 0 radical (unpaired) electrons. The Bertz CT molecular complexity index is 78.7. The van der Waals surface area contributed by atoms with Gasteiger partial charge in [0, 0.05) is 6.61 Å². The van der Waals surface area contributed by atoms with Crippen LogP contribution in [0.5, 0.6) is 0 Å². The molecule has 0 spiro atoms. The zero-order chi connectivity index (χ0) is 7.91. The highest BCUT2D eigenvalue weighted by Gasteiger charge is 2.00. The summed E-state index contributed by atoms with van der Waals surface area (Å²) in [5.74, 6) is 0. The second-order valence-corrected chi connectivity index (χ2v) is 2.69. The summed E-state index contributed by atoms with van der Waals surface area (Å²) in [6.07, 6.45) is 0. The Labute approximate surface area is 56.5 Å². The zero-order valence-electron chi connectivity index (χ0n) is 5.31. The number of hydrogen-bond acceptors (Lipinski definition) is 2. The van der Waals surface area contributed by atoms with Crippen molar-refractivity contribution in [2.45, 2.75) is 6.92 Å². The monoisotopic (exact) mass is 174 g/mol. The fourth-order valence-electron chi connectivity index (χ4n) is 0. The van der Waals surface area contributed by atoms with Crippen molar-refractivity contribution in [1.82, 2.24) is 0 Å². The molecule has 0 aromatic rings. The van der Waals surface area contributed by atoms with Gasteiger partial charge in [0.1, 0.15) is 10.5 Å². The minimum Gasteiger partial charge on any atom is -0.428 e. The van der Waals surface area contributed by atoms with Crippen LogP contribution in [0.3, 0.4) is 0 Å². The Kier molecular flexibility index (Phi) is 8.55. The molecule has 0 fully saturated rings. The maximum atomic E-state index is 8.88. The molecule has 3 N–H and O–H groups in total. The lowest BCUT2D eigenvalue weighted by Gasteiger charge is -1.82. The van der Waals surface area contributed by atoms with E-state index >= 15 is 0 Å². The van der Waals surface area contributed by atoms with E-state index in [-0.39, 0.29) is 0 Å². The molecule has 0 aliphatic rings. The first-order valence-electron chi connectivity index (χ1n) is 2.19. The second-order valence-electron chi connectivity index (χ2n) is 1.09. The van der Waals surface area contributed by atoms with Gasteiger partial charge in [0.25, 0.3) is 0 Å². The molecule has 0 aliphatic heterocycles. The summed E-state index contributed by atoms with van der Waals surface area (Å²) in [5, 5.41) is 0. The van der Waals surface area contributed by atoms with E-state index in [9.17, 15) is 0 Å². The lowest BCUT2D eigenvalue weighted by Crippen LogP contribution is -1.76. The van der Waals surface area contributed by atoms with Crippen LogP contribution >= 0.6 is 7.82 Å². The SMILES string of the molecule is CCO[SiH3].O=P(O)(O)O. The van der Waals surface area contributed by atoms with Crippen LogP contribution in [0.2, 0.25) is 0 Å². The van der Waals surface area contributed by atoms with Gasteiger partial charge in [-0.15, -0.1) is 0 Å². The molecule has 0 aliphatic carbocycles. The molecule has 0 amide bonds. The van der Waals surface area contributed by atoms with E-state index in [1.54, 1.807) is 0 Å². The molecule has 0 bridgehead atoms. The van der Waals surface area contributed by atoms with E-state index in [1.165, 1.54) is 0 Å². The normalized spacial score (nSPS) is 10.2. The van der Waals surface area contributed by atoms with Gasteiger partial charge in [-0.3, -0.25) is 0 Å². The van der Waals surface area contributed by atoms with Gasteiger partial charge < -0.3 is 19.1 Å². The highest BCUT2D eigenvalue weighted by Crippen LogP contribution is 2.25. The topological polar surface area (TPSA) is 87.0 Å². The van der Waals surface area contributed by atoms with Gasteiger partial charge in [0.05, 0.1) is 0 Å². The van der Waals surface area contributed by atoms with Crippen molar-refractivity contribution in [2.24, 2.45) is 0 Å². The van der Waals surface area contributed by atoms with Crippen molar-refractivity contribution in [3.8, 4) is 0 Å². The Morgan fingerprint density at radius 1 is 1.56 bits per heavy atom. The lowest BCUT2D eigenvalue weighted by molar-refractivity contribution is 0.275. The summed E-state index contributed by atoms with van der Waals surface area (Å²) in [7, 11) is -3.75. The molecule has 0 atom stereocenters. The summed E-state index contributed by atoms with van der Waals surface area (Å²) >= 11 is 0. The van der Waals surface area contributed by atoms with E-state index in [2.05, 4.69) is 4.43 Å². The van der Waals surface area contributed by atoms with Crippen LogP contribution in [0, 0.1) is 0 Å². The highest BCUT2D eigenvalue weighted by atomic mass is 31.2. The van der Waals surface area contributed by atoms with Gasteiger partial charge in [-0.2, -0.15) is 0 Å². The van der Waals surface area contributed by atoms with E-state index in [0.717, 1.165) is 17.1 Å². The van der Waals surface area contributed by atoms with Crippen LogP contribution in [-0.4, -0.2) is 31.8 Å². The average Bonchev–Trinajstić information content (AvgIpc) is 1.61. The molecule has 0 aromatic carbocycles. The van der Waals surface area contributed by atoms with E-state index in [1.807, 2.05) is 6.92 Å². The molecule has 0 heterocycles. The van der Waals surface area contributed by atoms with Crippen LogP contribution in [0.25, 0.3) is 0 Å². The Morgan fingerprint density at radius 2 is 1.67 bits per heavy atom. The quantitative estimate of drug-likeness (QED) is 0.328. The summed E-state index contributed by atoms with van der Waals surface area (Å²) in [6, 6.07) is 0. The number of hydrogen-bond donors (Lipinski definition) is 3. The van der Waals surface area contributed by atoms with Gasteiger partial charge in [-0.25, -0.2) is 4.57 Å². The average molecular weight is 174 g/mol. The minimum absolute atomic E-state index is 0.881. The third-order valence-corrected chi connectivity index (χ3v) is 0.866. The van der Waals surface area contributed by atoms with Crippen LogP contribution in [0.1, 0.15) is 6.92 Å². The van der Waals surface area contributed by atoms with Crippen molar-refractivity contribution in [1.29, 1.82) is 0 Å². The fraction of sp³-hybridized carbons (Fsp3) is 1.00. The minimum atomic E-state index is -4.64. The van der Waals surface area contributed by atoms with Crippen LogP contribution < -0.4 is 0 Å². The maximum absolute atomic E-state index is 8.88. The van der Waals surface area contributed by atoms with E-state index in [4.69, 9.17) is 19.2 Å². The summed E-state index contributed by atoms with van der Waals surface area (Å²) in [6.45, 7) is 2.87. The van der Waals surface area contributed by atoms with Crippen molar-refractivity contribution in [2.75, 3.05) is 6.61 Å². The molecule has 9 heavy (non-hydrogen) atoms. The molecule has 0 aromatic heterocycles. The third-order valence-electron chi connectivity index (χ3n) is 0.289. The fourth-order valence-corrected chi connectivity index (χ4v) is 0. The highest BCUT2D eigenvalue weighted by molar-refractivity contribution is 7.45. The predicted molar refractivity (Wildman–Crippen MR) is 35.8 cm³/mol. The lowest BCUT2D eigenvalue weighted by atomic mass is 10.9. The largest absolute Gasteiger partial charge is 0.466 e. The number of rotatable bonds is 1. The molecular weight excluding hydrogens is 163 g/mol. The van der Waals surface area contributed by atoms with Crippen LogP contribution in [-0.2, 0) is 8.99 Å². The van der Waals surface area contributed by atoms with Gasteiger partial charge in [0.2, 0.25) is 0 Å². The van der Waals surface area contributed by atoms with Crippen LogP contribution in [0.15, 0.2) is 0 Å². The first-order valence-corrected chi connectivity index (χ1v) is 4.57. The van der Waals surface area contributed by atoms with Gasteiger partial charge >= 0.3 is 7.82 Å². The standard InChI is InChI=1S/C2H8OSi.H3O4P/c1-2-3-4;1-5(2,3)4/h2H2,1,4H3;(H3,1,2,3,4). The molecular formula is C2H11O5PSi. The van der Waals surface area contributed by atoms with Crippen molar-refractivity contribution >= 4 is 18.3 Å². The summed E-state index contributed by atoms with van der Waals surface area (Å²) < 4.78 is 13.6. The summed E-state index contributed by atoms with van der Waals surface area (Å²) in [4.78, 5) is 21.6. The first kappa shape index (κ1) is 12.0. The van der Waals surface area contributed by atoms with Crippen molar-refractivity contribution < 1.29 is 23.7 Å². The van der Waals surface area contributed by atoms with E-state index in [0.29, 0.717) is 0 Å². The van der Waals surface area contributed by atoms with Crippen molar-refractivity contribution in [3.05, 3.63) is 0 Å². The van der Waals surface area contributed by atoms with Crippen LogP contribution in [0.4, 0.5) is 0 Å². The molecule has 7 heteroatoms. The summed E-state index contributed by atoms with van der Waals surface area (Å²) in [5.41, 5.74) is 0. The molecule has 5 nitrogen and oxygen atoms in total. The number of phosphoric acid groups is 1. The van der Waals surface area contributed by atoms with Crippen molar-refractivity contribution in [3.63, 3.8) is 0 Å². The van der Waals surface area contributed by atoms with Gasteiger partial charge in [0.15, 0.2) is 0 Å². The van der Waals surface area contributed by atoms with Gasteiger partial charge in [-0.05, 0) is 6.92 Å². The zero-order valence-corrected chi connectivity index (χ0v) is 8.21. The second kappa shape index (κ2) is 6.41. The third kappa shape index (κ3) is 198. The molecule has 58 valence electrons.